The largest absolute Gasteiger partial charge is 0.243 e. The third-order valence-corrected chi connectivity index (χ3v) is 5.13. The van der Waals surface area contributed by atoms with Gasteiger partial charge >= 0.3 is 0 Å². The van der Waals surface area contributed by atoms with Crippen LogP contribution in [-0.2, 0) is 13.1 Å². The van der Waals surface area contributed by atoms with Crippen LogP contribution in [0.1, 0.15) is 64.2 Å². The highest BCUT2D eigenvalue weighted by Gasteiger charge is 2.19. The van der Waals surface area contributed by atoms with Gasteiger partial charge in [0.1, 0.15) is 12.4 Å². The normalized spacial score (nSPS) is 22.7. The predicted octanol–water partition coefficient (Wildman–Crippen LogP) is 3.94. The summed E-state index contributed by atoms with van der Waals surface area (Å²) in [4.78, 5) is 0. The van der Waals surface area contributed by atoms with Crippen molar-refractivity contribution in [1.29, 1.82) is 0 Å². The Balaban J connectivity index is 1.50. The van der Waals surface area contributed by atoms with Crippen molar-refractivity contribution >= 4 is 0 Å². The van der Waals surface area contributed by atoms with Crippen LogP contribution in [0.3, 0.4) is 0 Å². The van der Waals surface area contributed by atoms with Crippen LogP contribution in [-0.4, -0.2) is 4.57 Å². The lowest BCUT2D eigenvalue weighted by Gasteiger charge is -2.20. The highest BCUT2D eigenvalue weighted by Crippen LogP contribution is 2.25. The van der Waals surface area contributed by atoms with E-state index < -0.39 is 0 Å². The SMILES string of the molecule is c1c[n+](CC2CCCCC2)cn1CC1CCCCC1. The molecule has 19 heavy (non-hydrogen) atoms. The maximum Gasteiger partial charge on any atom is 0.243 e. The lowest BCUT2D eigenvalue weighted by molar-refractivity contribution is -0.703. The van der Waals surface area contributed by atoms with E-state index in [0.717, 1.165) is 11.8 Å². The molecule has 2 fully saturated rings. The molecule has 0 amide bonds. The first-order valence-corrected chi connectivity index (χ1v) is 8.45. The van der Waals surface area contributed by atoms with E-state index in [4.69, 9.17) is 0 Å². The van der Waals surface area contributed by atoms with Gasteiger partial charge < -0.3 is 0 Å². The summed E-state index contributed by atoms with van der Waals surface area (Å²) in [7, 11) is 0. The van der Waals surface area contributed by atoms with Gasteiger partial charge in [0.15, 0.2) is 0 Å². The second-order valence-corrected chi connectivity index (χ2v) is 6.82. The summed E-state index contributed by atoms with van der Waals surface area (Å²) in [5, 5.41) is 0. The molecule has 2 saturated carbocycles. The van der Waals surface area contributed by atoms with Gasteiger partial charge in [0.2, 0.25) is 6.33 Å². The van der Waals surface area contributed by atoms with Crippen molar-refractivity contribution in [3.8, 4) is 0 Å². The van der Waals surface area contributed by atoms with E-state index in [1.54, 1.807) is 0 Å². The van der Waals surface area contributed by atoms with E-state index in [1.165, 1.54) is 77.3 Å². The Morgan fingerprint density at radius 2 is 1.47 bits per heavy atom. The Hall–Kier alpha value is -0.790. The summed E-state index contributed by atoms with van der Waals surface area (Å²) < 4.78 is 4.86. The van der Waals surface area contributed by atoms with Gasteiger partial charge in [-0.1, -0.05) is 38.5 Å². The third-order valence-electron chi connectivity index (χ3n) is 5.13. The molecule has 2 aliphatic carbocycles. The standard InChI is InChI=1S/C17H29N2/c1-3-7-16(8-4-1)13-18-11-12-19(15-18)14-17-9-5-2-6-10-17/h11-12,15-17H,1-10,13-14H2/q+1. The van der Waals surface area contributed by atoms with Gasteiger partial charge in [0.25, 0.3) is 0 Å². The molecule has 0 atom stereocenters. The van der Waals surface area contributed by atoms with Crippen LogP contribution in [0, 0.1) is 11.8 Å². The lowest BCUT2D eigenvalue weighted by Crippen LogP contribution is -2.36. The number of nitrogens with zero attached hydrogens (tertiary/aromatic N) is 2. The van der Waals surface area contributed by atoms with Crippen LogP contribution in [0.5, 0.6) is 0 Å². The van der Waals surface area contributed by atoms with Gasteiger partial charge in [0, 0.05) is 0 Å². The Morgan fingerprint density at radius 3 is 2.16 bits per heavy atom. The first-order chi connectivity index (χ1) is 9.40. The number of aromatic nitrogens is 2. The third kappa shape index (κ3) is 3.84. The van der Waals surface area contributed by atoms with E-state index in [1.807, 2.05) is 0 Å². The Morgan fingerprint density at radius 1 is 0.842 bits per heavy atom. The molecule has 1 aromatic rings. The van der Waals surface area contributed by atoms with Crippen LogP contribution in [0.4, 0.5) is 0 Å². The molecule has 2 aliphatic rings. The lowest BCUT2D eigenvalue weighted by atomic mass is 9.89. The molecular weight excluding hydrogens is 232 g/mol. The van der Waals surface area contributed by atoms with Gasteiger partial charge in [-0.3, -0.25) is 0 Å². The van der Waals surface area contributed by atoms with Crippen LogP contribution in [0.25, 0.3) is 0 Å². The molecule has 2 nitrogen and oxygen atoms in total. The summed E-state index contributed by atoms with van der Waals surface area (Å²) in [5.41, 5.74) is 0. The fourth-order valence-corrected chi connectivity index (χ4v) is 3.99. The zero-order valence-electron chi connectivity index (χ0n) is 12.3. The average molecular weight is 261 g/mol. The molecule has 2 heteroatoms. The number of imidazole rings is 1. The van der Waals surface area contributed by atoms with Gasteiger partial charge in [-0.25, -0.2) is 9.13 Å². The zero-order valence-corrected chi connectivity index (χ0v) is 12.3. The van der Waals surface area contributed by atoms with E-state index in [9.17, 15) is 0 Å². The molecule has 106 valence electrons. The number of hydrogen-bond acceptors (Lipinski definition) is 0. The van der Waals surface area contributed by atoms with Crippen LogP contribution in [0.15, 0.2) is 18.7 Å². The molecule has 0 bridgehead atoms. The van der Waals surface area contributed by atoms with Gasteiger partial charge in [0.05, 0.1) is 13.1 Å². The summed E-state index contributed by atoms with van der Waals surface area (Å²) in [6.07, 6.45) is 21.4. The molecule has 1 heterocycles. The maximum atomic E-state index is 2.43. The van der Waals surface area contributed by atoms with Crippen molar-refractivity contribution < 1.29 is 4.57 Å². The minimum atomic E-state index is 0.935. The highest BCUT2D eigenvalue weighted by atomic mass is 15.1. The second-order valence-electron chi connectivity index (χ2n) is 6.82. The average Bonchev–Trinajstić information content (AvgIpc) is 2.88. The first-order valence-electron chi connectivity index (χ1n) is 8.45. The van der Waals surface area contributed by atoms with E-state index >= 15 is 0 Å². The number of rotatable bonds is 4. The first kappa shape index (κ1) is 13.2. The molecule has 0 N–H and O–H groups in total. The molecule has 3 rings (SSSR count). The molecular formula is C17H29N2+. The minimum absolute atomic E-state index is 0.935. The van der Waals surface area contributed by atoms with Crippen molar-refractivity contribution in [2.24, 2.45) is 11.8 Å². The topological polar surface area (TPSA) is 8.81 Å². The fourth-order valence-electron chi connectivity index (χ4n) is 3.99. The molecule has 0 saturated heterocycles. The molecule has 0 aromatic carbocycles. The summed E-state index contributed by atoms with van der Waals surface area (Å²) in [5.74, 6) is 1.87. The van der Waals surface area contributed by atoms with Gasteiger partial charge in [-0.15, -0.1) is 0 Å². The molecule has 0 spiro atoms. The van der Waals surface area contributed by atoms with Crippen molar-refractivity contribution in [2.75, 3.05) is 0 Å². The Kier molecular flexibility index (Phi) is 4.58. The van der Waals surface area contributed by atoms with Crippen molar-refractivity contribution in [3.63, 3.8) is 0 Å². The molecule has 0 radical (unpaired) electrons. The summed E-state index contributed by atoms with van der Waals surface area (Å²) in [6.45, 7) is 2.50. The predicted molar refractivity (Wildman–Crippen MR) is 77.8 cm³/mol. The maximum absolute atomic E-state index is 2.43. The van der Waals surface area contributed by atoms with Crippen molar-refractivity contribution in [1.82, 2.24) is 4.57 Å². The summed E-state index contributed by atoms with van der Waals surface area (Å²) in [6, 6.07) is 0. The monoisotopic (exact) mass is 261 g/mol. The van der Waals surface area contributed by atoms with Crippen molar-refractivity contribution in [3.05, 3.63) is 18.7 Å². The smallest absolute Gasteiger partial charge is 0.237 e. The highest BCUT2D eigenvalue weighted by molar-refractivity contribution is 4.72. The van der Waals surface area contributed by atoms with Crippen molar-refractivity contribution in [2.45, 2.75) is 77.3 Å². The Labute approximate surface area is 117 Å². The zero-order chi connectivity index (χ0) is 12.9. The van der Waals surface area contributed by atoms with Gasteiger partial charge in [-0.2, -0.15) is 0 Å². The van der Waals surface area contributed by atoms with E-state index in [0.29, 0.717) is 0 Å². The quantitative estimate of drug-likeness (QED) is 0.726. The van der Waals surface area contributed by atoms with Crippen LogP contribution >= 0.6 is 0 Å². The molecule has 0 unspecified atom stereocenters. The molecule has 0 aliphatic heterocycles. The van der Waals surface area contributed by atoms with Crippen LogP contribution < -0.4 is 4.57 Å². The summed E-state index contributed by atoms with van der Waals surface area (Å²) >= 11 is 0. The second kappa shape index (κ2) is 6.58. The van der Waals surface area contributed by atoms with E-state index in [-0.39, 0.29) is 0 Å². The Bertz CT molecular complexity index is 336. The number of hydrogen-bond donors (Lipinski definition) is 0. The van der Waals surface area contributed by atoms with E-state index in [2.05, 4.69) is 27.9 Å². The minimum Gasteiger partial charge on any atom is -0.237 e. The fraction of sp³-hybridized carbons (Fsp3) is 0.824. The molecule has 1 aromatic heterocycles. The van der Waals surface area contributed by atoms with Gasteiger partial charge in [-0.05, 0) is 37.5 Å². The van der Waals surface area contributed by atoms with Crippen LogP contribution in [0.2, 0.25) is 0 Å².